The molecule has 2 bridgehead atoms. The summed E-state index contributed by atoms with van der Waals surface area (Å²) < 4.78 is 21.5. The molecule has 6 nitrogen and oxygen atoms in total. The van der Waals surface area contributed by atoms with Crippen molar-refractivity contribution in [2.45, 2.75) is 83.5 Å². The molecule has 0 aliphatic heterocycles. The number of ether oxygens (including phenoxy) is 1. The molecule has 0 aromatic heterocycles. The lowest BCUT2D eigenvalue weighted by atomic mass is 9.32. The Morgan fingerprint density at radius 2 is 1.52 bits per heavy atom. The first-order chi connectivity index (χ1) is 28.8. The van der Waals surface area contributed by atoms with Gasteiger partial charge < -0.3 is 19.8 Å². The van der Waals surface area contributed by atoms with Gasteiger partial charge in [0.15, 0.2) is 5.78 Å². The van der Waals surface area contributed by atoms with Crippen LogP contribution < -0.4 is 4.74 Å². The SMILES string of the molecule is C[C@]12CC[C@H]3[C@]4(C=C[C@@]5(C=C4C(=O)Cc4c(F)cccc4Cl)CC(O)CC[C@]35C)[C@@H]1CC[C@@]2(O)CN(Cc1cccc2ccccc12)C(=O)Oc1ccc2ccccc2c1. The highest BCUT2D eigenvalue weighted by Gasteiger charge is 2.74. The molecule has 3 saturated carbocycles. The number of ketones is 1. The molecular weight excluding hydrogens is 773 g/mol. The minimum Gasteiger partial charge on any atom is -0.410 e. The van der Waals surface area contributed by atoms with Crippen LogP contribution in [-0.4, -0.2) is 45.2 Å². The number of benzene rings is 5. The smallest absolute Gasteiger partial charge is 0.410 e. The van der Waals surface area contributed by atoms with Crippen molar-refractivity contribution in [3.8, 4) is 5.75 Å². The van der Waals surface area contributed by atoms with E-state index in [-0.39, 0.29) is 53.1 Å². The highest BCUT2D eigenvalue weighted by atomic mass is 35.5. The van der Waals surface area contributed by atoms with Crippen LogP contribution in [0.15, 0.2) is 127 Å². The molecule has 1 unspecified atom stereocenters. The van der Waals surface area contributed by atoms with E-state index in [0.717, 1.165) is 39.9 Å². The fraction of sp³-hybridized carbons (Fsp3) is 0.385. The maximum absolute atomic E-state index is 15.3. The summed E-state index contributed by atoms with van der Waals surface area (Å²) in [5, 5.41) is 28.8. The topological polar surface area (TPSA) is 87.1 Å². The molecule has 2 N–H and O–H groups in total. The van der Waals surface area contributed by atoms with Gasteiger partial charge >= 0.3 is 6.09 Å². The summed E-state index contributed by atoms with van der Waals surface area (Å²) in [6.07, 6.45) is 9.98. The molecule has 5 aromatic rings. The Kier molecular flexibility index (Phi) is 9.25. The Labute approximate surface area is 355 Å². The number of hydrogen-bond donors (Lipinski definition) is 2. The van der Waals surface area contributed by atoms with Gasteiger partial charge in [0, 0.05) is 45.4 Å². The van der Waals surface area contributed by atoms with Crippen LogP contribution in [0, 0.1) is 39.3 Å². The Morgan fingerprint density at radius 1 is 0.817 bits per heavy atom. The quantitative estimate of drug-likeness (QED) is 0.152. The van der Waals surface area contributed by atoms with Crippen LogP contribution in [0.3, 0.4) is 0 Å². The summed E-state index contributed by atoms with van der Waals surface area (Å²) in [6, 6.07) is 32.2. The van der Waals surface area contributed by atoms with Crippen molar-refractivity contribution < 1.29 is 28.9 Å². The second kappa shape index (κ2) is 14.1. The molecule has 8 atom stereocenters. The lowest BCUT2D eigenvalue weighted by Gasteiger charge is -2.71. The number of aliphatic hydroxyl groups is 2. The number of amides is 1. The summed E-state index contributed by atoms with van der Waals surface area (Å²) >= 11 is 6.53. The van der Waals surface area contributed by atoms with Crippen molar-refractivity contribution in [2.75, 3.05) is 6.54 Å². The Balaban J connectivity index is 1.04. The number of allylic oxidation sites excluding steroid dienone is 4. The van der Waals surface area contributed by atoms with Gasteiger partial charge in [0.05, 0.1) is 18.2 Å². The van der Waals surface area contributed by atoms with Crippen LogP contribution in [0.25, 0.3) is 21.5 Å². The number of aliphatic hydroxyl groups excluding tert-OH is 1. The van der Waals surface area contributed by atoms with Gasteiger partial charge in [-0.05, 0) is 114 Å². The van der Waals surface area contributed by atoms with Crippen molar-refractivity contribution in [1.29, 1.82) is 0 Å². The highest BCUT2D eigenvalue weighted by molar-refractivity contribution is 6.31. The van der Waals surface area contributed by atoms with Crippen molar-refractivity contribution in [3.05, 3.63) is 149 Å². The zero-order chi connectivity index (χ0) is 41.7. The van der Waals surface area contributed by atoms with Gasteiger partial charge in [-0.15, -0.1) is 0 Å². The van der Waals surface area contributed by atoms with Gasteiger partial charge in [-0.25, -0.2) is 9.18 Å². The zero-order valence-corrected chi connectivity index (χ0v) is 34.9. The predicted octanol–water partition coefficient (Wildman–Crippen LogP) is 11.2. The third kappa shape index (κ3) is 5.79. The molecule has 60 heavy (non-hydrogen) atoms. The molecule has 2 spiro atoms. The van der Waals surface area contributed by atoms with E-state index < -0.39 is 39.9 Å². The third-order valence-electron chi connectivity index (χ3n) is 16.3. The number of fused-ring (bicyclic) bond motifs is 3. The Bertz CT molecular complexity index is 2620. The van der Waals surface area contributed by atoms with E-state index in [9.17, 15) is 19.8 Å². The lowest BCUT2D eigenvalue weighted by Crippen LogP contribution is -2.67. The van der Waals surface area contributed by atoms with Crippen LogP contribution >= 0.6 is 11.6 Å². The number of halogens is 2. The monoisotopic (exact) mass is 823 g/mol. The van der Waals surface area contributed by atoms with E-state index in [1.54, 1.807) is 23.1 Å². The summed E-state index contributed by atoms with van der Waals surface area (Å²) in [4.78, 5) is 31.2. The van der Waals surface area contributed by atoms with Crippen molar-refractivity contribution in [2.24, 2.45) is 33.5 Å². The molecule has 0 heterocycles. The van der Waals surface area contributed by atoms with Gasteiger partial charge in [-0.2, -0.15) is 0 Å². The summed E-state index contributed by atoms with van der Waals surface area (Å²) in [6.45, 7) is 4.76. The summed E-state index contributed by atoms with van der Waals surface area (Å²) in [5.74, 6) is -0.352. The first-order valence-electron chi connectivity index (χ1n) is 21.5. The lowest BCUT2D eigenvalue weighted by molar-refractivity contribution is -0.178. The van der Waals surface area contributed by atoms with Crippen molar-refractivity contribution >= 4 is 45.0 Å². The molecule has 0 radical (unpaired) electrons. The average molecular weight is 824 g/mol. The zero-order valence-electron chi connectivity index (χ0n) is 34.2. The van der Waals surface area contributed by atoms with E-state index in [1.807, 2.05) is 60.7 Å². The molecule has 6 aliphatic rings. The van der Waals surface area contributed by atoms with E-state index in [1.165, 1.54) is 6.07 Å². The normalized spacial score (nSPS) is 32.6. The molecule has 1 amide bonds. The molecule has 8 heteroatoms. The van der Waals surface area contributed by atoms with Crippen LogP contribution in [0.5, 0.6) is 5.75 Å². The van der Waals surface area contributed by atoms with Gasteiger partial charge in [0.2, 0.25) is 0 Å². The van der Waals surface area contributed by atoms with Crippen LogP contribution in [0.2, 0.25) is 5.02 Å². The largest absolute Gasteiger partial charge is 0.415 e. The van der Waals surface area contributed by atoms with Gasteiger partial charge in [-0.1, -0.05) is 123 Å². The van der Waals surface area contributed by atoms with E-state index in [2.05, 4.69) is 50.3 Å². The first-order valence-corrected chi connectivity index (χ1v) is 21.9. The maximum atomic E-state index is 15.3. The number of carbonyl (C=O) groups is 2. The average Bonchev–Trinajstić information content (AvgIpc) is 3.51. The Morgan fingerprint density at radius 3 is 2.33 bits per heavy atom. The second-order valence-corrected chi connectivity index (χ2v) is 19.4. The predicted molar refractivity (Wildman–Crippen MR) is 233 cm³/mol. The first kappa shape index (κ1) is 39.3. The maximum Gasteiger partial charge on any atom is 0.415 e. The number of hydrogen-bond acceptors (Lipinski definition) is 5. The number of nitrogens with zero attached hydrogens (tertiary/aromatic N) is 1. The minimum atomic E-state index is -1.34. The second-order valence-electron chi connectivity index (χ2n) is 19.0. The van der Waals surface area contributed by atoms with Crippen LogP contribution in [0.4, 0.5) is 9.18 Å². The fourth-order valence-corrected chi connectivity index (χ4v) is 13.4. The van der Waals surface area contributed by atoms with E-state index in [0.29, 0.717) is 43.4 Å². The molecule has 6 aliphatic carbocycles. The van der Waals surface area contributed by atoms with Gasteiger partial charge in [-0.3, -0.25) is 4.79 Å². The summed E-state index contributed by atoms with van der Waals surface area (Å²) in [5.41, 5.74) is -1.76. The standard InChI is InChI=1S/C52H51ClFNO5/c1-48-22-19-37(56)29-50(48)25-26-52(41(30-50)44(57)28-40-42(53)15-8-16-43(40)54)45(48)20-23-49(2)46(52)21-24-51(49,59)32-55(31-36-13-7-12-34-10-5-6-14-39(34)36)47(58)60-38-18-17-33-9-3-4-11-35(33)27-38/h3-18,25-27,30,37,45-46,56,59H,19-24,28-29,31-32H2,1-2H3/t37?,45-,46-,48-,49+,50+,51-,52-/m1/s1. The number of rotatable bonds is 8. The Hall–Kier alpha value is -4.82. The molecule has 11 rings (SSSR count). The molecular formula is C52H51ClFNO5. The third-order valence-corrected chi connectivity index (χ3v) is 16.6. The summed E-state index contributed by atoms with van der Waals surface area (Å²) in [7, 11) is 0. The molecule has 3 fully saturated rings. The highest BCUT2D eigenvalue weighted by Crippen LogP contribution is 2.78. The van der Waals surface area contributed by atoms with Crippen LogP contribution in [-0.2, 0) is 17.8 Å². The van der Waals surface area contributed by atoms with Gasteiger partial charge in [0.25, 0.3) is 0 Å². The van der Waals surface area contributed by atoms with E-state index in [4.69, 9.17) is 16.3 Å². The van der Waals surface area contributed by atoms with Crippen molar-refractivity contribution in [1.82, 2.24) is 4.90 Å². The van der Waals surface area contributed by atoms with Crippen molar-refractivity contribution in [3.63, 3.8) is 0 Å². The van der Waals surface area contributed by atoms with E-state index >= 15 is 4.39 Å². The fourth-order valence-electron chi connectivity index (χ4n) is 13.1. The molecule has 0 saturated heterocycles. The molecule has 5 aromatic carbocycles. The van der Waals surface area contributed by atoms with Gasteiger partial charge in [0.1, 0.15) is 11.6 Å². The number of Topliss-reactive ketones (excluding diaryl/α,β-unsaturated/α-hetero) is 1. The minimum absolute atomic E-state index is 0.0331. The van der Waals surface area contributed by atoms with Crippen LogP contribution in [0.1, 0.15) is 69.9 Å². The molecule has 308 valence electrons. The number of carbonyl (C=O) groups excluding carboxylic acids is 2.